The predicted octanol–water partition coefficient (Wildman–Crippen LogP) is 0.322. The molecule has 1 nitrogen and oxygen atoms in total. The van der Waals surface area contributed by atoms with E-state index >= 15 is 0 Å². The van der Waals surface area contributed by atoms with E-state index < -0.39 is 13.9 Å². The van der Waals surface area contributed by atoms with Gasteiger partial charge in [0.2, 0.25) is 0 Å². The summed E-state index contributed by atoms with van der Waals surface area (Å²) >= 11 is -0.440. The van der Waals surface area contributed by atoms with Gasteiger partial charge in [0, 0.05) is 0 Å². The van der Waals surface area contributed by atoms with E-state index in [1.54, 1.807) is 0 Å². The summed E-state index contributed by atoms with van der Waals surface area (Å²) in [6, 6.07) is 0. The fourth-order valence-corrected chi connectivity index (χ4v) is 7.68. The van der Waals surface area contributed by atoms with Crippen LogP contribution in [-0.4, -0.2) is 25.1 Å². The van der Waals surface area contributed by atoms with Crippen LogP contribution in [0.4, 0.5) is 0 Å². The molecular weight excluding hydrogens is 287 g/mol. The maximum absolute atomic E-state index is 10.4. The Kier molecular flexibility index (Phi) is 4.45. The summed E-state index contributed by atoms with van der Waals surface area (Å²) in [5, 5.41) is 13.1. The normalized spacial score (nSPS) is 41.8. The molecule has 0 aromatic heterocycles. The molecule has 4 atom stereocenters. The number of rotatable bonds is 3. The average Bonchev–Trinajstić information content (AvgIpc) is 2.51. The van der Waals surface area contributed by atoms with Gasteiger partial charge < -0.3 is 12.4 Å². The van der Waals surface area contributed by atoms with Crippen molar-refractivity contribution in [1.82, 2.24) is 0 Å². The van der Waals surface area contributed by atoms with Crippen LogP contribution in [-0.2, 0) is 0 Å². The van der Waals surface area contributed by atoms with E-state index in [1.807, 2.05) is 0 Å². The Morgan fingerprint density at radius 3 is 2.38 bits per heavy atom. The van der Waals surface area contributed by atoms with Crippen molar-refractivity contribution in [3.05, 3.63) is 0 Å². The van der Waals surface area contributed by atoms with E-state index in [9.17, 15) is 5.11 Å². The number of halogens is 1. The molecule has 2 fully saturated rings. The smallest absolute Gasteiger partial charge is 1.00 e. The quantitative estimate of drug-likeness (QED) is 0.745. The van der Waals surface area contributed by atoms with E-state index in [-0.39, 0.29) is 18.5 Å². The van der Waals surface area contributed by atoms with E-state index in [2.05, 4.69) is 26.6 Å². The van der Waals surface area contributed by atoms with Gasteiger partial charge >= 0.3 is 98.4 Å². The first-order valence-corrected chi connectivity index (χ1v) is 10.3. The minimum atomic E-state index is -0.440. The molecule has 2 aliphatic rings. The third-order valence-corrected chi connectivity index (χ3v) is 9.57. The fourth-order valence-electron chi connectivity index (χ4n) is 3.92. The molecule has 0 saturated heterocycles. The van der Waals surface area contributed by atoms with Gasteiger partial charge in [-0.3, -0.25) is 0 Å². The molecule has 0 aliphatic heterocycles. The summed E-state index contributed by atoms with van der Waals surface area (Å²) in [6.07, 6.45) is 3.74. The van der Waals surface area contributed by atoms with Crippen LogP contribution in [0.2, 0.25) is 16.5 Å². The zero-order chi connectivity index (χ0) is 11.3. The van der Waals surface area contributed by atoms with Crippen molar-refractivity contribution in [2.45, 2.75) is 62.6 Å². The van der Waals surface area contributed by atoms with Gasteiger partial charge in [0.1, 0.15) is 0 Å². The average molecular weight is 312 g/mol. The molecule has 0 aromatic rings. The second-order valence-corrected chi connectivity index (χ2v) is 11.2. The molecule has 2 saturated carbocycles. The number of hydrogen-bond acceptors (Lipinski definition) is 1. The monoisotopic (exact) mass is 312 g/mol. The Morgan fingerprint density at radius 1 is 1.38 bits per heavy atom. The molecule has 0 aromatic carbocycles. The second-order valence-electron chi connectivity index (χ2n) is 6.08. The Labute approximate surface area is 111 Å². The topological polar surface area (TPSA) is 20.2 Å². The Morgan fingerprint density at radius 2 is 2.00 bits per heavy atom. The van der Waals surface area contributed by atoms with Gasteiger partial charge in [-0.2, -0.15) is 0 Å². The van der Waals surface area contributed by atoms with E-state index in [1.165, 1.54) is 23.5 Å². The van der Waals surface area contributed by atoms with Gasteiger partial charge in [-0.1, -0.05) is 0 Å². The van der Waals surface area contributed by atoms with Crippen LogP contribution in [0.5, 0.6) is 0 Å². The van der Waals surface area contributed by atoms with Crippen molar-refractivity contribution in [2.75, 3.05) is 0 Å². The molecule has 16 heavy (non-hydrogen) atoms. The third-order valence-electron chi connectivity index (χ3n) is 5.39. The zero-order valence-electron chi connectivity index (χ0n) is 10.9. The standard InChI is InChI=1S/C13H25OSe.ClH/c1-5-15(4)9-13-7-6-10(8-11(13)14)12(13,2)3;/h10-11,14H,5-9H2,1-4H3;1H/q+1;/p-1/t10-,11-,13-,15?;/m1./s1. The fraction of sp³-hybridized carbons (Fsp3) is 1.00. The van der Waals surface area contributed by atoms with Crippen LogP contribution in [0, 0.1) is 16.7 Å². The molecule has 2 rings (SSSR count). The molecule has 2 aliphatic carbocycles. The van der Waals surface area contributed by atoms with Crippen LogP contribution in [0.15, 0.2) is 0 Å². The van der Waals surface area contributed by atoms with Crippen LogP contribution in [0.25, 0.3) is 0 Å². The Bertz CT molecular complexity index is 256. The molecular formula is C13H25ClOSe. The summed E-state index contributed by atoms with van der Waals surface area (Å²) in [5.74, 6) is 3.26. The first-order valence-electron chi connectivity index (χ1n) is 6.21. The van der Waals surface area contributed by atoms with Gasteiger partial charge in [-0.15, -0.1) is 0 Å². The van der Waals surface area contributed by atoms with Gasteiger partial charge in [0.25, 0.3) is 0 Å². The zero-order valence-corrected chi connectivity index (χ0v) is 13.4. The van der Waals surface area contributed by atoms with Gasteiger partial charge in [0.15, 0.2) is 0 Å². The summed E-state index contributed by atoms with van der Waals surface area (Å²) in [7, 11) is 0. The van der Waals surface area contributed by atoms with Crippen LogP contribution >= 0.6 is 0 Å². The molecule has 96 valence electrons. The van der Waals surface area contributed by atoms with Crippen molar-refractivity contribution < 1.29 is 17.5 Å². The van der Waals surface area contributed by atoms with Crippen molar-refractivity contribution in [3.63, 3.8) is 0 Å². The van der Waals surface area contributed by atoms with Gasteiger partial charge in [-0.25, -0.2) is 0 Å². The molecule has 0 radical (unpaired) electrons. The van der Waals surface area contributed by atoms with Crippen molar-refractivity contribution in [1.29, 1.82) is 0 Å². The van der Waals surface area contributed by atoms with Crippen molar-refractivity contribution in [3.8, 4) is 0 Å². The van der Waals surface area contributed by atoms with E-state index in [0.717, 1.165) is 12.3 Å². The molecule has 0 amide bonds. The number of hydrogen-bond donors (Lipinski definition) is 1. The molecule has 2 bridgehead atoms. The number of fused-ring (bicyclic) bond motifs is 2. The van der Waals surface area contributed by atoms with E-state index in [0.29, 0.717) is 10.8 Å². The molecule has 1 unspecified atom stereocenters. The maximum Gasteiger partial charge on any atom is -1.00 e. The summed E-state index contributed by atoms with van der Waals surface area (Å²) in [6.45, 7) is 7.15. The van der Waals surface area contributed by atoms with Gasteiger partial charge in [0.05, 0.1) is 0 Å². The largest absolute Gasteiger partial charge is 1.00 e. The first-order chi connectivity index (χ1) is 6.94. The van der Waals surface area contributed by atoms with Crippen LogP contribution in [0.1, 0.15) is 40.0 Å². The predicted molar refractivity (Wildman–Crippen MR) is 66.5 cm³/mol. The summed E-state index contributed by atoms with van der Waals surface area (Å²) < 4.78 is 0. The molecule has 0 spiro atoms. The minimum Gasteiger partial charge on any atom is -1.00 e. The van der Waals surface area contributed by atoms with E-state index in [4.69, 9.17) is 0 Å². The summed E-state index contributed by atoms with van der Waals surface area (Å²) in [5.41, 5.74) is 0.701. The summed E-state index contributed by atoms with van der Waals surface area (Å²) in [4.78, 5) is 0. The Hall–Kier alpha value is 0.769. The van der Waals surface area contributed by atoms with Crippen LogP contribution < -0.4 is 12.4 Å². The van der Waals surface area contributed by atoms with Crippen LogP contribution in [0.3, 0.4) is 0 Å². The van der Waals surface area contributed by atoms with Crippen molar-refractivity contribution >= 4 is 13.9 Å². The van der Waals surface area contributed by atoms with Gasteiger partial charge in [-0.05, 0) is 0 Å². The van der Waals surface area contributed by atoms with Crippen molar-refractivity contribution in [2.24, 2.45) is 16.7 Å². The minimum absolute atomic E-state index is 0. The second kappa shape index (κ2) is 4.80. The SMILES string of the molecule is CC[Se+](C)C[C@]12CC[C@H](C[C@H]1O)C2(C)C.[Cl-]. The Balaban J connectivity index is 0.00000128. The first kappa shape index (κ1) is 14.8. The number of aliphatic hydroxyl groups excluding tert-OH is 1. The third kappa shape index (κ3) is 1.86. The molecule has 1 N–H and O–H groups in total. The maximum atomic E-state index is 10.4. The molecule has 3 heteroatoms. The number of aliphatic hydroxyl groups is 1. The molecule has 0 heterocycles.